The van der Waals surface area contributed by atoms with Gasteiger partial charge in [0.2, 0.25) is 5.91 Å². The molecule has 0 atom stereocenters. The molecule has 0 aromatic heterocycles. The van der Waals surface area contributed by atoms with Crippen LogP contribution in [0.5, 0.6) is 17.2 Å². The van der Waals surface area contributed by atoms with E-state index in [0.29, 0.717) is 35.1 Å². The molecule has 5 heteroatoms. The van der Waals surface area contributed by atoms with E-state index in [9.17, 15) is 4.79 Å². The van der Waals surface area contributed by atoms with Crippen molar-refractivity contribution in [3.8, 4) is 17.2 Å². The molecule has 0 aliphatic carbocycles. The summed E-state index contributed by atoms with van der Waals surface area (Å²) in [6, 6.07) is 12.0. The molecular weight excluding hydrogens is 256 g/mol. The minimum atomic E-state index is -0.530. The standard InChI is InChI=1S/C15H16N2O3/c1-2-19-13-5-3-4-6-14(13)20-12-8-7-10(15(17)18)9-11(12)16/h3-9H,2,16H2,1H3,(H2,17,18). The van der Waals surface area contributed by atoms with Gasteiger partial charge in [0.1, 0.15) is 0 Å². The number of amides is 1. The Morgan fingerprint density at radius 1 is 1.10 bits per heavy atom. The van der Waals surface area contributed by atoms with Crippen LogP contribution in [0.15, 0.2) is 42.5 Å². The van der Waals surface area contributed by atoms with Gasteiger partial charge in [0, 0.05) is 5.56 Å². The zero-order valence-corrected chi connectivity index (χ0v) is 11.1. The van der Waals surface area contributed by atoms with E-state index in [1.165, 1.54) is 6.07 Å². The van der Waals surface area contributed by atoms with E-state index >= 15 is 0 Å². The second kappa shape index (κ2) is 5.97. The van der Waals surface area contributed by atoms with Crippen molar-refractivity contribution in [3.63, 3.8) is 0 Å². The lowest BCUT2D eigenvalue weighted by atomic mass is 10.2. The molecule has 2 aromatic carbocycles. The van der Waals surface area contributed by atoms with Crippen molar-refractivity contribution < 1.29 is 14.3 Å². The third-order valence-electron chi connectivity index (χ3n) is 2.66. The van der Waals surface area contributed by atoms with E-state index in [4.69, 9.17) is 20.9 Å². The largest absolute Gasteiger partial charge is 0.490 e. The number of primary amides is 1. The van der Waals surface area contributed by atoms with E-state index in [1.807, 2.05) is 25.1 Å². The zero-order valence-electron chi connectivity index (χ0n) is 11.1. The number of para-hydroxylation sites is 2. The van der Waals surface area contributed by atoms with E-state index in [0.717, 1.165) is 0 Å². The fraction of sp³-hybridized carbons (Fsp3) is 0.133. The lowest BCUT2D eigenvalue weighted by Crippen LogP contribution is -2.11. The molecule has 0 saturated carbocycles. The number of hydrogen-bond donors (Lipinski definition) is 2. The van der Waals surface area contributed by atoms with E-state index in [1.54, 1.807) is 18.2 Å². The Balaban J connectivity index is 2.28. The van der Waals surface area contributed by atoms with Gasteiger partial charge >= 0.3 is 0 Å². The topological polar surface area (TPSA) is 87.6 Å². The summed E-state index contributed by atoms with van der Waals surface area (Å²) in [5.74, 6) is 1.11. The maximum Gasteiger partial charge on any atom is 0.248 e. The van der Waals surface area contributed by atoms with Gasteiger partial charge < -0.3 is 20.9 Å². The van der Waals surface area contributed by atoms with E-state index in [2.05, 4.69) is 0 Å². The molecule has 0 bridgehead atoms. The predicted molar refractivity (Wildman–Crippen MR) is 77.1 cm³/mol. The summed E-state index contributed by atoms with van der Waals surface area (Å²) in [6.07, 6.45) is 0. The van der Waals surface area contributed by atoms with Gasteiger partial charge in [-0.3, -0.25) is 4.79 Å². The molecule has 0 radical (unpaired) electrons. The van der Waals surface area contributed by atoms with Crippen molar-refractivity contribution >= 4 is 11.6 Å². The monoisotopic (exact) mass is 272 g/mol. The van der Waals surface area contributed by atoms with Gasteiger partial charge in [0.05, 0.1) is 12.3 Å². The first-order valence-electron chi connectivity index (χ1n) is 6.21. The number of ether oxygens (including phenoxy) is 2. The Morgan fingerprint density at radius 2 is 1.80 bits per heavy atom. The average Bonchev–Trinajstić information content (AvgIpc) is 2.43. The lowest BCUT2D eigenvalue weighted by Gasteiger charge is -2.13. The highest BCUT2D eigenvalue weighted by Crippen LogP contribution is 2.34. The normalized spacial score (nSPS) is 10.1. The van der Waals surface area contributed by atoms with Gasteiger partial charge in [-0.15, -0.1) is 0 Å². The highest BCUT2D eigenvalue weighted by Gasteiger charge is 2.09. The van der Waals surface area contributed by atoms with Crippen molar-refractivity contribution in [1.82, 2.24) is 0 Å². The van der Waals surface area contributed by atoms with Crippen molar-refractivity contribution in [2.75, 3.05) is 12.3 Å². The molecule has 0 aliphatic heterocycles. The minimum Gasteiger partial charge on any atom is -0.490 e. The predicted octanol–water partition coefficient (Wildman–Crippen LogP) is 2.56. The van der Waals surface area contributed by atoms with Crippen LogP contribution in [0.4, 0.5) is 5.69 Å². The van der Waals surface area contributed by atoms with Crippen LogP contribution in [0.3, 0.4) is 0 Å². The van der Waals surface area contributed by atoms with Crippen LogP contribution in [-0.2, 0) is 0 Å². The molecule has 2 rings (SSSR count). The molecule has 0 fully saturated rings. The first kappa shape index (κ1) is 13.7. The van der Waals surface area contributed by atoms with Crippen LogP contribution in [0.1, 0.15) is 17.3 Å². The number of carbonyl (C=O) groups excluding carboxylic acids is 1. The number of anilines is 1. The van der Waals surface area contributed by atoms with Crippen LogP contribution in [-0.4, -0.2) is 12.5 Å². The van der Waals surface area contributed by atoms with Gasteiger partial charge in [-0.25, -0.2) is 0 Å². The van der Waals surface area contributed by atoms with Crippen molar-refractivity contribution in [2.24, 2.45) is 5.73 Å². The summed E-state index contributed by atoms with van der Waals surface area (Å²) >= 11 is 0. The van der Waals surface area contributed by atoms with Crippen LogP contribution in [0, 0.1) is 0 Å². The van der Waals surface area contributed by atoms with Crippen molar-refractivity contribution in [2.45, 2.75) is 6.92 Å². The SMILES string of the molecule is CCOc1ccccc1Oc1ccc(C(N)=O)cc1N. The minimum absolute atomic E-state index is 0.340. The molecule has 0 spiro atoms. The van der Waals surface area contributed by atoms with Crippen LogP contribution < -0.4 is 20.9 Å². The molecule has 0 aliphatic rings. The smallest absolute Gasteiger partial charge is 0.248 e. The number of carbonyl (C=O) groups is 1. The highest BCUT2D eigenvalue weighted by atomic mass is 16.5. The van der Waals surface area contributed by atoms with Gasteiger partial charge in [0.25, 0.3) is 0 Å². The fourth-order valence-corrected chi connectivity index (χ4v) is 1.72. The van der Waals surface area contributed by atoms with E-state index in [-0.39, 0.29) is 0 Å². The lowest BCUT2D eigenvalue weighted by molar-refractivity contribution is 0.100. The van der Waals surface area contributed by atoms with Gasteiger partial charge in [-0.05, 0) is 37.3 Å². The van der Waals surface area contributed by atoms with Crippen molar-refractivity contribution in [3.05, 3.63) is 48.0 Å². The molecule has 5 nitrogen and oxygen atoms in total. The number of nitrogen functional groups attached to an aromatic ring is 1. The number of hydrogen-bond acceptors (Lipinski definition) is 4. The first-order valence-corrected chi connectivity index (χ1v) is 6.21. The summed E-state index contributed by atoms with van der Waals surface area (Å²) in [5, 5.41) is 0. The summed E-state index contributed by atoms with van der Waals surface area (Å²) < 4.78 is 11.2. The second-order valence-corrected chi connectivity index (χ2v) is 4.10. The quantitative estimate of drug-likeness (QED) is 0.819. The summed E-state index contributed by atoms with van der Waals surface area (Å²) in [5.41, 5.74) is 11.7. The Morgan fingerprint density at radius 3 is 2.40 bits per heavy atom. The second-order valence-electron chi connectivity index (χ2n) is 4.10. The number of nitrogens with two attached hydrogens (primary N) is 2. The number of rotatable bonds is 5. The third kappa shape index (κ3) is 3.00. The molecule has 0 unspecified atom stereocenters. The molecule has 1 amide bonds. The summed E-state index contributed by atoms with van der Waals surface area (Å²) in [4.78, 5) is 11.1. The maximum atomic E-state index is 11.1. The summed E-state index contributed by atoms with van der Waals surface area (Å²) in [6.45, 7) is 2.43. The van der Waals surface area contributed by atoms with Crippen LogP contribution in [0.2, 0.25) is 0 Å². The Bertz CT molecular complexity index is 626. The average molecular weight is 272 g/mol. The molecule has 20 heavy (non-hydrogen) atoms. The Kier molecular flexibility index (Phi) is 4.10. The molecule has 0 heterocycles. The zero-order chi connectivity index (χ0) is 14.5. The van der Waals surface area contributed by atoms with Gasteiger partial charge in [0.15, 0.2) is 17.2 Å². The highest BCUT2D eigenvalue weighted by molar-refractivity contribution is 5.94. The first-order chi connectivity index (χ1) is 9.61. The van der Waals surface area contributed by atoms with E-state index < -0.39 is 5.91 Å². The summed E-state index contributed by atoms with van der Waals surface area (Å²) in [7, 11) is 0. The van der Waals surface area contributed by atoms with Gasteiger partial charge in [-0.1, -0.05) is 12.1 Å². The molecular formula is C15H16N2O3. The Labute approximate surface area is 117 Å². The fourth-order valence-electron chi connectivity index (χ4n) is 1.72. The maximum absolute atomic E-state index is 11.1. The van der Waals surface area contributed by atoms with Crippen LogP contribution in [0.25, 0.3) is 0 Å². The number of benzene rings is 2. The van der Waals surface area contributed by atoms with Gasteiger partial charge in [-0.2, -0.15) is 0 Å². The third-order valence-corrected chi connectivity index (χ3v) is 2.66. The van der Waals surface area contributed by atoms with Crippen molar-refractivity contribution in [1.29, 1.82) is 0 Å². The molecule has 4 N–H and O–H groups in total. The van der Waals surface area contributed by atoms with Crippen LogP contribution >= 0.6 is 0 Å². The molecule has 2 aromatic rings. The molecule has 0 saturated heterocycles. The molecule has 104 valence electrons. The Hall–Kier alpha value is -2.69.